The maximum absolute atomic E-state index is 12.6. The average Bonchev–Trinajstić information content (AvgIpc) is 2.73. The topological polar surface area (TPSA) is 75.6 Å². The predicted octanol–water partition coefficient (Wildman–Crippen LogP) is 2.61. The van der Waals surface area contributed by atoms with E-state index >= 15 is 0 Å². The van der Waals surface area contributed by atoms with Crippen LogP contribution in [-0.4, -0.2) is 64.8 Å². The summed E-state index contributed by atoms with van der Waals surface area (Å²) in [5.41, 5.74) is 0. The van der Waals surface area contributed by atoms with Gasteiger partial charge in [0.15, 0.2) is 6.10 Å². The smallest absolute Gasteiger partial charge is 0.317 e. The normalized spacial score (nSPS) is 15.2. The highest BCUT2D eigenvalue weighted by Crippen LogP contribution is 2.21. The van der Waals surface area contributed by atoms with Gasteiger partial charge in [0.1, 0.15) is 0 Å². The standard InChI is InChI=1S/C19H21BrN4O3S/c1-14(27-17(25)13-28-16-5-3-15(20)4-6-16)18(26)23-9-11-24(12-10-23)19-21-7-2-8-22-19/h2-8,14H,9-13H2,1H3. The highest BCUT2D eigenvalue weighted by Gasteiger charge is 2.27. The molecule has 0 aliphatic carbocycles. The fraction of sp³-hybridized carbons (Fsp3) is 0.368. The van der Waals surface area contributed by atoms with Crippen LogP contribution < -0.4 is 4.90 Å². The van der Waals surface area contributed by atoms with E-state index in [1.54, 1.807) is 30.3 Å². The lowest BCUT2D eigenvalue weighted by atomic mass is 10.2. The molecule has 3 rings (SSSR count). The Balaban J connectivity index is 1.43. The first kappa shape index (κ1) is 20.6. The molecule has 0 saturated carbocycles. The third-order valence-corrected chi connectivity index (χ3v) is 5.77. The van der Waals surface area contributed by atoms with E-state index < -0.39 is 12.1 Å². The van der Waals surface area contributed by atoms with Gasteiger partial charge >= 0.3 is 5.97 Å². The Morgan fingerprint density at radius 3 is 2.43 bits per heavy atom. The molecule has 1 aliphatic rings. The minimum absolute atomic E-state index is 0.165. The summed E-state index contributed by atoms with van der Waals surface area (Å²) in [5.74, 6) is 0.262. The number of rotatable bonds is 6. The van der Waals surface area contributed by atoms with Crippen molar-refractivity contribution in [3.05, 3.63) is 47.2 Å². The van der Waals surface area contributed by atoms with Crippen molar-refractivity contribution in [2.45, 2.75) is 17.9 Å². The molecule has 0 N–H and O–H groups in total. The summed E-state index contributed by atoms with van der Waals surface area (Å²) < 4.78 is 6.31. The minimum Gasteiger partial charge on any atom is -0.452 e. The van der Waals surface area contributed by atoms with Crippen LogP contribution in [0.5, 0.6) is 0 Å². The fourth-order valence-electron chi connectivity index (χ4n) is 2.79. The van der Waals surface area contributed by atoms with Gasteiger partial charge in [0, 0.05) is 47.9 Å². The molecule has 0 radical (unpaired) electrons. The number of piperazine rings is 1. The van der Waals surface area contributed by atoms with E-state index in [-0.39, 0.29) is 11.7 Å². The summed E-state index contributed by atoms with van der Waals surface area (Å²) in [7, 11) is 0. The molecule has 1 atom stereocenters. The number of halogens is 1. The molecule has 28 heavy (non-hydrogen) atoms. The molecule has 1 saturated heterocycles. The van der Waals surface area contributed by atoms with E-state index in [1.165, 1.54) is 11.8 Å². The van der Waals surface area contributed by atoms with Gasteiger partial charge in [-0.15, -0.1) is 11.8 Å². The molecule has 1 aliphatic heterocycles. The number of esters is 1. The minimum atomic E-state index is -0.794. The number of thioether (sulfide) groups is 1. The summed E-state index contributed by atoms with van der Waals surface area (Å²) in [6, 6.07) is 9.45. The number of ether oxygens (including phenoxy) is 1. The van der Waals surface area contributed by atoms with Gasteiger partial charge in [-0.1, -0.05) is 15.9 Å². The Labute approximate surface area is 176 Å². The van der Waals surface area contributed by atoms with Crippen molar-refractivity contribution in [1.29, 1.82) is 0 Å². The number of benzene rings is 1. The molecule has 2 aromatic rings. The molecule has 0 spiro atoms. The van der Waals surface area contributed by atoms with Gasteiger partial charge in [-0.25, -0.2) is 9.97 Å². The molecule has 1 unspecified atom stereocenters. The van der Waals surface area contributed by atoms with Crippen LogP contribution in [0.2, 0.25) is 0 Å². The third-order valence-electron chi connectivity index (χ3n) is 4.25. The van der Waals surface area contributed by atoms with Crippen LogP contribution in [0.15, 0.2) is 52.1 Å². The van der Waals surface area contributed by atoms with Crippen molar-refractivity contribution in [2.24, 2.45) is 0 Å². The van der Waals surface area contributed by atoms with Gasteiger partial charge in [-0.2, -0.15) is 0 Å². The molecule has 0 bridgehead atoms. The van der Waals surface area contributed by atoms with Gasteiger partial charge in [-0.05, 0) is 37.3 Å². The molecule has 1 aromatic heterocycles. The fourth-order valence-corrected chi connectivity index (χ4v) is 3.74. The van der Waals surface area contributed by atoms with Crippen LogP contribution in [0.1, 0.15) is 6.92 Å². The van der Waals surface area contributed by atoms with Gasteiger partial charge < -0.3 is 14.5 Å². The van der Waals surface area contributed by atoms with E-state index in [1.807, 2.05) is 29.2 Å². The second kappa shape index (κ2) is 9.88. The summed E-state index contributed by atoms with van der Waals surface area (Å²) in [6.45, 7) is 4.02. The van der Waals surface area contributed by atoms with Gasteiger partial charge in [0.2, 0.25) is 5.95 Å². The molecule has 9 heteroatoms. The highest BCUT2D eigenvalue weighted by molar-refractivity contribution is 9.10. The van der Waals surface area contributed by atoms with E-state index in [2.05, 4.69) is 25.9 Å². The Morgan fingerprint density at radius 2 is 1.79 bits per heavy atom. The largest absolute Gasteiger partial charge is 0.452 e. The Morgan fingerprint density at radius 1 is 1.14 bits per heavy atom. The molecule has 1 amide bonds. The predicted molar refractivity (Wildman–Crippen MR) is 111 cm³/mol. The Kier molecular flexibility index (Phi) is 7.27. The van der Waals surface area contributed by atoms with Crippen molar-refractivity contribution >= 4 is 45.5 Å². The van der Waals surface area contributed by atoms with E-state index in [0.717, 1.165) is 9.37 Å². The van der Waals surface area contributed by atoms with Crippen LogP contribution in [0, 0.1) is 0 Å². The lowest BCUT2D eigenvalue weighted by Gasteiger charge is -2.35. The number of nitrogens with zero attached hydrogens (tertiary/aromatic N) is 4. The number of hydrogen-bond donors (Lipinski definition) is 0. The summed E-state index contributed by atoms with van der Waals surface area (Å²) in [6.07, 6.45) is 2.61. The lowest BCUT2D eigenvalue weighted by Crippen LogP contribution is -2.52. The molecule has 148 valence electrons. The molecule has 1 aromatic carbocycles. The number of aromatic nitrogens is 2. The van der Waals surface area contributed by atoms with Crippen molar-refractivity contribution < 1.29 is 14.3 Å². The van der Waals surface area contributed by atoms with Crippen molar-refractivity contribution in [3.8, 4) is 0 Å². The van der Waals surface area contributed by atoms with Gasteiger partial charge in [0.05, 0.1) is 5.75 Å². The Hall–Kier alpha value is -2.13. The van der Waals surface area contributed by atoms with Crippen LogP contribution >= 0.6 is 27.7 Å². The van der Waals surface area contributed by atoms with Crippen molar-refractivity contribution in [1.82, 2.24) is 14.9 Å². The van der Waals surface area contributed by atoms with Crippen LogP contribution in [0.3, 0.4) is 0 Å². The van der Waals surface area contributed by atoms with Crippen LogP contribution in [0.4, 0.5) is 5.95 Å². The number of hydrogen-bond acceptors (Lipinski definition) is 7. The number of carbonyl (C=O) groups excluding carboxylic acids is 2. The third kappa shape index (κ3) is 5.68. The Bertz CT molecular complexity index is 799. The number of carbonyl (C=O) groups is 2. The number of amides is 1. The molecular formula is C19H21BrN4O3S. The zero-order valence-electron chi connectivity index (χ0n) is 15.5. The first-order chi connectivity index (χ1) is 13.5. The summed E-state index contributed by atoms with van der Waals surface area (Å²) >= 11 is 4.76. The number of anilines is 1. The zero-order valence-corrected chi connectivity index (χ0v) is 17.9. The van der Waals surface area contributed by atoms with Gasteiger partial charge in [-0.3, -0.25) is 9.59 Å². The molecular weight excluding hydrogens is 444 g/mol. The second-order valence-corrected chi connectivity index (χ2v) is 8.20. The maximum Gasteiger partial charge on any atom is 0.317 e. The lowest BCUT2D eigenvalue weighted by molar-refractivity contribution is -0.157. The SMILES string of the molecule is CC(OC(=O)CSc1ccc(Br)cc1)C(=O)N1CCN(c2ncccn2)CC1. The monoisotopic (exact) mass is 464 g/mol. The molecule has 1 fully saturated rings. The van der Waals surface area contributed by atoms with Crippen molar-refractivity contribution in [3.63, 3.8) is 0 Å². The van der Waals surface area contributed by atoms with Gasteiger partial charge in [0.25, 0.3) is 5.91 Å². The maximum atomic E-state index is 12.6. The van der Waals surface area contributed by atoms with E-state index in [4.69, 9.17) is 4.74 Å². The first-order valence-electron chi connectivity index (χ1n) is 8.91. The van der Waals surface area contributed by atoms with Crippen molar-refractivity contribution in [2.75, 3.05) is 36.8 Å². The molecule has 7 nitrogen and oxygen atoms in total. The quantitative estimate of drug-likeness (QED) is 0.480. The first-order valence-corrected chi connectivity index (χ1v) is 10.7. The van der Waals surface area contributed by atoms with Crippen LogP contribution in [-0.2, 0) is 14.3 Å². The summed E-state index contributed by atoms with van der Waals surface area (Å²) in [4.78, 5) is 37.8. The second-order valence-electron chi connectivity index (χ2n) is 6.24. The van der Waals surface area contributed by atoms with E-state index in [9.17, 15) is 9.59 Å². The van der Waals surface area contributed by atoms with Crippen LogP contribution in [0.25, 0.3) is 0 Å². The molecule has 2 heterocycles. The summed E-state index contributed by atoms with van der Waals surface area (Å²) in [5, 5.41) is 0. The zero-order chi connectivity index (χ0) is 19.9. The van der Waals surface area contributed by atoms with E-state index in [0.29, 0.717) is 32.1 Å². The highest BCUT2D eigenvalue weighted by atomic mass is 79.9. The average molecular weight is 465 g/mol.